The van der Waals surface area contributed by atoms with Crippen LogP contribution in [0, 0.1) is 13.8 Å². The average molecular weight is 272 g/mol. The minimum atomic E-state index is 0.951. The van der Waals surface area contributed by atoms with Crippen molar-refractivity contribution < 1.29 is 4.42 Å². The van der Waals surface area contributed by atoms with Gasteiger partial charge in [0.15, 0.2) is 0 Å². The molecule has 0 saturated carbocycles. The SMILES string of the molecule is Cc1cc(C)c2c3ccccc3c(-c3ccccc3)c-2o1. The van der Waals surface area contributed by atoms with E-state index in [2.05, 4.69) is 61.5 Å². The van der Waals surface area contributed by atoms with Crippen LogP contribution in [0.15, 0.2) is 65.1 Å². The van der Waals surface area contributed by atoms with Crippen LogP contribution in [0.3, 0.4) is 0 Å². The van der Waals surface area contributed by atoms with E-state index < -0.39 is 0 Å². The lowest BCUT2D eigenvalue weighted by atomic mass is 10.0. The van der Waals surface area contributed by atoms with Crippen molar-refractivity contribution in [3.8, 4) is 22.5 Å². The number of benzene rings is 2. The van der Waals surface area contributed by atoms with Gasteiger partial charge in [-0.15, -0.1) is 0 Å². The molecule has 0 spiro atoms. The summed E-state index contributed by atoms with van der Waals surface area (Å²) in [5.41, 5.74) is 4.91. The molecule has 2 aromatic carbocycles. The van der Waals surface area contributed by atoms with E-state index in [1.165, 1.54) is 33.0 Å². The molecule has 0 N–H and O–H groups in total. The Morgan fingerprint density at radius 2 is 1.33 bits per heavy atom. The normalized spacial score (nSPS) is 11.3. The minimum absolute atomic E-state index is 0.951. The van der Waals surface area contributed by atoms with Gasteiger partial charge in [-0.2, -0.15) is 0 Å². The molecule has 102 valence electrons. The zero-order valence-corrected chi connectivity index (χ0v) is 12.2. The van der Waals surface area contributed by atoms with Gasteiger partial charge in [-0.05, 0) is 41.8 Å². The number of aryl methyl sites for hydroxylation is 2. The fourth-order valence-corrected chi connectivity index (χ4v) is 3.24. The first-order valence-electron chi connectivity index (χ1n) is 7.22. The van der Waals surface area contributed by atoms with E-state index in [0.29, 0.717) is 0 Å². The zero-order valence-electron chi connectivity index (χ0n) is 12.2. The Morgan fingerprint density at radius 1 is 0.714 bits per heavy atom. The van der Waals surface area contributed by atoms with Gasteiger partial charge in [0.25, 0.3) is 0 Å². The molecule has 1 heterocycles. The lowest BCUT2D eigenvalue weighted by Crippen LogP contribution is -1.86. The summed E-state index contributed by atoms with van der Waals surface area (Å²) >= 11 is 0. The zero-order chi connectivity index (χ0) is 14.4. The van der Waals surface area contributed by atoms with Crippen molar-refractivity contribution in [2.75, 3.05) is 0 Å². The molecule has 0 fully saturated rings. The smallest absolute Gasteiger partial charge is 0.143 e. The van der Waals surface area contributed by atoms with Gasteiger partial charge in [0, 0.05) is 11.1 Å². The van der Waals surface area contributed by atoms with Gasteiger partial charge in [0.1, 0.15) is 11.5 Å². The summed E-state index contributed by atoms with van der Waals surface area (Å²) < 4.78 is 6.11. The van der Waals surface area contributed by atoms with E-state index in [0.717, 1.165) is 11.5 Å². The van der Waals surface area contributed by atoms with E-state index in [4.69, 9.17) is 4.42 Å². The van der Waals surface area contributed by atoms with Gasteiger partial charge in [0.2, 0.25) is 0 Å². The Kier molecular flexibility index (Phi) is 2.61. The van der Waals surface area contributed by atoms with Crippen LogP contribution < -0.4 is 0 Å². The molecule has 0 saturated heterocycles. The molecule has 0 radical (unpaired) electrons. The number of fused-ring (bicyclic) bond motifs is 3. The van der Waals surface area contributed by atoms with Crippen LogP contribution in [0.25, 0.3) is 33.2 Å². The molecule has 1 aliphatic heterocycles. The van der Waals surface area contributed by atoms with Crippen molar-refractivity contribution in [2.45, 2.75) is 13.8 Å². The largest absolute Gasteiger partial charge is 0.461 e. The maximum atomic E-state index is 6.11. The van der Waals surface area contributed by atoms with Gasteiger partial charge in [-0.3, -0.25) is 0 Å². The Morgan fingerprint density at radius 3 is 2.05 bits per heavy atom. The molecule has 0 bridgehead atoms. The van der Waals surface area contributed by atoms with Crippen LogP contribution in [-0.2, 0) is 0 Å². The first-order chi connectivity index (χ1) is 10.3. The summed E-state index contributed by atoms with van der Waals surface area (Å²) in [6, 6.07) is 21.2. The highest BCUT2D eigenvalue weighted by molar-refractivity contribution is 6.13. The predicted molar refractivity (Wildman–Crippen MR) is 87.7 cm³/mol. The van der Waals surface area contributed by atoms with Crippen LogP contribution in [0.2, 0.25) is 0 Å². The third-order valence-electron chi connectivity index (χ3n) is 4.06. The molecule has 0 amide bonds. The van der Waals surface area contributed by atoms with Gasteiger partial charge in [-0.1, -0.05) is 54.6 Å². The molecule has 2 aromatic rings. The average Bonchev–Trinajstić information content (AvgIpc) is 2.82. The molecule has 0 atom stereocenters. The molecule has 0 unspecified atom stereocenters. The van der Waals surface area contributed by atoms with Crippen LogP contribution in [0.5, 0.6) is 0 Å². The second-order valence-electron chi connectivity index (χ2n) is 5.53. The van der Waals surface area contributed by atoms with Crippen LogP contribution in [-0.4, -0.2) is 0 Å². The first-order valence-corrected chi connectivity index (χ1v) is 7.22. The third-order valence-corrected chi connectivity index (χ3v) is 4.06. The Balaban J connectivity index is 2.22. The summed E-state index contributed by atoms with van der Waals surface area (Å²) in [5.74, 6) is 1.95. The number of rotatable bonds is 1. The predicted octanol–water partition coefficient (Wildman–Crippen LogP) is 5.82. The van der Waals surface area contributed by atoms with E-state index in [1.54, 1.807) is 0 Å². The quantitative estimate of drug-likeness (QED) is 0.425. The van der Waals surface area contributed by atoms with Crippen LogP contribution in [0.1, 0.15) is 11.3 Å². The van der Waals surface area contributed by atoms with Gasteiger partial charge >= 0.3 is 0 Å². The fraction of sp³-hybridized carbons (Fsp3) is 0.100. The monoisotopic (exact) mass is 272 g/mol. The molecular weight excluding hydrogens is 256 g/mol. The van der Waals surface area contributed by atoms with Gasteiger partial charge < -0.3 is 4.42 Å². The highest BCUT2D eigenvalue weighted by atomic mass is 16.3. The van der Waals surface area contributed by atoms with E-state index >= 15 is 0 Å². The van der Waals surface area contributed by atoms with Gasteiger partial charge in [-0.25, -0.2) is 0 Å². The van der Waals surface area contributed by atoms with Crippen molar-refractivity contribution in [3.05, 3.63) is 72.0 Å². The lowest BCUT2D eigenvalue weighted by Gasteiger charge is -2.08. The van der Waals surface area contributed by atoms with E-state index in [1.807, 2.05) is 13.0 Å². The van der Waals surface area contributed by atoms with Crippen LogP contribution >= 0.6 is 0 Å². The molecule has 21 heavy (non-hydrogen) atoms. The molecule has 1 heteroatoms. The maximum Gasteiger partial charge on any atom is 0.143 e. The highest BCUT2D eigenvalue weighted by Gasteiger charge is 2.23. The molecule has 1 aliphatic carbocycles. The molecule has 1 nitrogen and oxygen atoms in total. The van der Waals surface area contributed by atoms with Gasteiger partial charge in [0.05, 0.1) is 0 Å². The Hall–Kier alpha value is -2.54. The second-order valence-corrected chi connectivity index (χ2v) is 5.53. The van der Waals surface area contributed by atoms with Crippen molar-refractivity contribution in [2.24, 2.45) is 0 Å². The highest BCUT2D eigenvalue weighted by Crippen LogP contribution is 2.46. The summed E-state index contributed by atoms with van der Waals surface area (Å²) in [5, 5.41) is 2.53. The summed E-state index contributed by atoms with van der Waals surface area (Å²) in [6.07, 6.45) is 0. The van der Waals surface area contributed by atoms with Crippen molar-refractivity contribution in [1.82, 2.24) is 0 Å². The molecule has 2 aliphatic rings. The fourth-order valence-electron chi connectivity index (χ4n) is 3.24. The molecule has 0 aromatic heterocycles. The first kappa shape index (κ1) is 12.2. The van der Waals surface area contributed by atoms with Crippen molar-refractivity contribution in [1.29, 1.82) is 0 Å². The Labute approximate surface area is 124 Å². The molecular formula is C20H16O. The third kappa shape index (κ3) is 1.78. The summed E-state index contributed by atoms with van der Waals surface area (Å²) in [4.78, 5) is 0. The van der Waals surface area contributed by atoms with Crippen LogP contribution in [0.4, 0.5) is 0 Å². The lowest BCUT2D eigenvalue weighted by molar-refractivity contribution is 0.532. The molecule has 4 rings (SSSR count). The second kappa shape index (κ2) is 4.49. The van der Waals surface area contributed by atoms with Crippen molar-refractivity contribution >= 4 is 10.8 Å². The summed E-state index contributed by atoms with van der Waals surface area (Å²) in [6.45, 7) is 4.17. The van der Waals surface area contributed by atoms with E-state index in [-0.39, 0.29) is 0 Å². The Bertz CT molecular complexity index is 900. The standard InChI is InChI=1S/C20H16O/c1-13-12-14(2)21-20-18(13)16-10-6-7-11-17(16)19(20)15-8-4-3-5-9-15/h3-12H,1-2H3. The minimum Gasteiger partial charge on any atom is -0.461 e. The maximum absolute atomic E-state index is 6.11. The van der Waals surface area contributed by atoms with Crippen molar-refractivity contribution in [3.63, 3.8) is 0 Å². The summed E-state index contributed by atoms with van der Waals surface area (Å²) in [7, 11) is 0. The number of hydrogen-bond acceptors (Lipinski definition) is 1. The topological polar surface area (TPSA) is 13.1 Å². The van der Waals surface area contributed by atoms with E-state index in [9.17, 15) is 0 Å². The number of hydrogen-bond donors (Lipinski definition) is 0.